The molecule has 7 nitrogen and oxygen atoms in total. The maximum absolute atomic E-state index is 13.2. The Kier molecular flexibility index (Phi) is 5.32. The summed E-state index contributed by atoms with van der Waals surface area (Å²) in [7, 11) is 0. The van der Waals surface area contributed by atoms with Crippen LogP contribution < -0.4 is 16.6 Å². The first-order chi connectivity index (χ1) is 14.9. The minimum absolute atomic E-state index is 0.00610. The second-order valence-corrected chi connectivity index (χ2v) is 7.25. The molecule has 0 bridgehead atoms. The Balaban J connectivity index is 1.73. The predicted octanol–water partition coefficient (Wildman–Crippen LogP) is 3.10. The van der Waals surface area contributed by atoms with Gasteiger partial charge in [-0.2, -0.15) is 0 Å². The van der Waals surface area contributed by atoms with Crippen LogP contribution in [0.25, 0.3) is 11.0 Å². The number of hydrogen-bond donors (Lipinski definition) is 2. The first-order valence-electron chi connectivity index (χ1n) is 9.68. The van der Waals surface area contributed by atoms with Gasteiger partial charge in [-0.25, -0.2) is 4.98 Å². The third-order valence-corrected chi connectivity index (χ3v) is 4.98. The molecule has 2 amide bonds. The van der Waals surface area contributed by atoms with E-state index in [4.69, 9.17) is 5.73 Å². The molecule has 0 unspecified atom stereocenters. The van der Waals surface area contributed by atoms with E-state index in [9.17, 15) is 14.4 Å². The van der Waals surface area contributed by atoms with E-state index >= 15 is 0 Å². The first kappa shape index (κ1) is 20.0. The van der Waals surface area contributed by atoms with Crippen LogP contribution in [0.2, 0.25) is 0 Å². The fourth-order valence-corrected chi connectivity index (χ4v) is 3.31. The molecule has 0 aliphatic heterocycles. The van der Waals surface area contributed by atoms with Crippen LogP contribution >= 0.6 is 0 Å². The number of aromatic nitrogens is 2. The lowest BCUT2D eigenvalue weighted by Gasteiger charge is -2.13. The van der Waals surface area contributed by atoms with Crippen LogP contribution in [-0.2, 0) is 6.54 Å². The number of amides is 2. The molecule has 0 spiro atoms. The average Bonchev–Trinajstić information content (AvgIpc) is 2.77. The maximum Gasteiger partial charge on any atom is 0.265 e. The molecule has 154 valence electrons. The Hall–Kier alpha value is -4.26. The van der Waals surface area contributed by atoms with Gasteiger partial charge in [0.15, 0.2) is 0 Å². The SMILES string of the molecule is Cc1ccc(Cn2c(=O)c(C(=O)Nc3ccc(C(N)=O)cc3)cc3cccnc32)cc1. The number of aryl methyl sites for hydroxylation is 1. The molecule has 0 atom stereocenters. The number of fused-ring (bicyclic) bond motifs is 1. The largest absolute Gasteiger partial charge is 0.366 e. The first-order valence-corrected chi connectivity index (χ1v) is 9.68. The van der Waals surface area contributed by atoms with E-state index in [1.165, 1.54) is 16.7 Å². The van der Waals surface area contributed by atoms with Crippen LogP contribution in [0, 0.1) is 6.92 Å². The molecule has 0 aliphatic rings. The second-order valence-electron chi connectivity index (χ2n) is 7.25. The lowest BCUT2D eigenvalue weighted by molar-refractivity contribution is 0.0998. The number of anilines is 1. The zero-order chi connectivity index (χ0) is 22.0. The minimum atomic E-state index is -0.557. The van der Waals surface area contributed by atoms with Gasteiger partial charge in [-0.05, 0) is 55.0 Å². The topological polar surface area (TPSA) is 107 Å². The maximum atomic E-state index is 13.2. The number of nitrogens with zero attached hydrogens (tertiary/aromatic N) is 2. The quantitative estimate of drug-likeness (QED) is 0.525. The number of nitrogens with one attached hydrogen (secondary N) is 1. The molecular weight excluding hydrogens is 392 g/mol. The van der Waals surface area contributed by atoms with Crippen molar-refractivity contribution in [1.29, 1.82) is 0 Å². The van der Waals surface area contributed by atoms with Crippen LogP contribution in [0.15, 0.2) is 77.7 Å². The molecule has 0 aliphatic carbocycles. The normalized spacial score (nSPS) is 10.7. The molecule has 2 aromatic heterocycles. The molecular formula is C24H20N4O3. The van der Waals surface area contributed by atoms with Crippen LogP contribution in [0.4, 0.5) is 5.69 Å². The Morgan fingerprint density at radius 1 is 1.03 bits per heavy atom. The van der Waals surface area contributed by atoms with Crippen molar-refractivity contribution in [3.05, 3.63) is 106 Å². The Bertz CT molecular complexity index is 1340. The van der Waals surface area contributed by atoms with Crippen molar-refractivity contribution < 1.29 is 9.59 Å². The molecule has 2 aromatic carbocycles. The highest BCUT2D eigenvalue weighted by atomic mass is 16.2. The van der Waals surface area contributed by atoms with Gasteiger partial charge in [-0.1, -0.05) is 29.8 Å². The number of nitrogens with two attached hydrogens (primary N) is 1. The number of primary amides is 1. The Morgan fingerprint density at radius 2 is 1.74 bits per heavy atom. The molecule has 4 aromatic rings. The second kappa shape index (κ2) is 8.23. The summed E-state index contributed by atoms with van der Waals surface area (Å²) in [5, 5.41) is 3.39. The molecule has 4 rings (SSSR count). The molecule has 31 heavy (non-hydrogen) atoms. The zero-order valence-corrected chi connectivity index (χ0v) is 16.8. The predicted molar refractivity (Wildman–Crippen MR) is 119 cm³/mol. The number of hydrogen-bond acceptors (Lipinski definition) is 4. The van der Waals surface area contributed by atoms with Gasteiger partial charge in [0.1, 0.15) is 11.2 Å². The third kappa shape index (κ3) is 4.20. The fourth-order valence-electron chi connectivity index (χ4n) is 3.31. The van der Waals surface area contributed by atoms with Gasteiger partial charge < -0.3 is 11.1 Å². The Morgan fingerprint density at radius 3 is 2.42 bits per heavy atom. The van der Waals surface area contributed by atoms with Crippen molar-refractivity contribution in [2.24, 2.45) is 5.73 Å². The summed E-state index contributed by atoms with van der Waals surface area (Å²) in [4.78, 5) is 41.7. The molecule has 0 saturated heterocycles. The van der Waals surface area contributed by atoms with Crippen LogP contribution in [-0.4, -0.2) is 21.4 Å². The summed E-state index contributed by atoms with van der Waals surface area (Å²) in [6.45, 7) is 2.29. The van der Waals surface area contributed by atoms with Crippen molar-refractivity contribution in [3.63, 3.8) is 0 Å². The highest BCUT2D eigenvalue weighted by molar-refractivity contribution is 6.05. The van der Waals surface area contributed by atoms with E-state index in [1.807, 2.05) is 37.3 Å². The van der Waals surface area contributed by atoms with E-state index < -0.39 is 17.4 Å². The number of benzene rings is 2. The zero-order valence-electron chi connectivity index (χ0n) is 16.8. The lowest BCUT2D eigenvalue weighted by atomic mass is 10.1. The van der Waals surface area contributed by atoms with Gasteiger partial charge in [-0.15, -0.1) is 0 Å². The fraction of sp³-hybridized carbons (Fsp3) is 0.0833. The number of carbonyl (C=O) groups excluding carboxylic acids is 2. The van der Waals surface area contributed by atoms with E-state index in [0.717, 1.165) is 11.1 Å². The highest BCUT2D eigenvalue weighted by Gasteiger charge is 2.17. The van der Waals surface area contributed by atoms with Gasteiger partial charge >= 0.3 is 0 Å². The molecule has 2 heterocycles. The van der Waals surface area contributed by atoms with Gasteiger partial charge in [-0.3, -0.25) is 19.0 Å². The lowest BCUT2D eigenvalue weighted by Crippen LogP contribution is -2.30. The van der Waals surface area contributed by atoms with Crippen molar-refractivity contribution in [2.75, 3.05) is 5.32 Å². The van der Waals surface area contributed by atoms with E-state index in [1.54, 1.807) is 30.5 Å². The summed E-state index contributed by atoms with van der Waals surface area (Å²) < 4.78 is 1.51. The standard InChI is InChI=1S/C24H20N4O3/c1-15-4-6-16(7-5-15)14-28-22-18(3-2-12-26-22)13-20(24(28)31)23(30)27-19-10-8-17(9-11-19)21(25)29/h2-13H,14H2,1H3,(H2,25,29)(H,27,30). The van der Waals surface area contributed by atoms with Crippen molar-refractivity contribution in [3.8, 4) is 0 Å². The van der Waals surface area contributed by atoms with Crippen LogP contribution in [0.1, 0.15) is 31.8 Å². The van der Waals surface area contributed by atoms with E-state index in [0.29, 0.717) is 28.8 Å². The van der Waals surface area contributed by atoms with Gasteiger partial charge in [0.2, 0.25) is 5.91 Å². The van der Waals surface area contributed by atoms with Gasteiger partial charge in [0.25, 0.3) is 11.5 Å². The summed E-state index contributed by atoms with van der Waals surface area (Å²) in [5.41, 5.74) is 8.15. The average molecular weight is 412 g/mol. The van der Waals surface area contributed by atoms with Crippen LogP contribution in [0.5, 0.6) is 0 Å². The summed E-state index contributed by atoms with van der Waals surface area (Å²) >= 11 is 0. The monoisotopic (exact) mass is 412 g/mol. The van der Waals surface area contributed by atoms with Crippen LogP contribution in [0.3, 0.4) is 0 Å². The number of pyridine rings is 2. The number of carbonyl (C=O) groups is 2. The highest BCUT2D eigenvalue weighted by Crippen LogP contribution is 2.15. The van der Waals surface area contributed by atoms with Crippen molar-refractivity contribution >= 4 is 28.5 Å². The van der Waals surface area contributed by atoms with Gasteiger partial charge in [0, 0.05) is 22.8 Å². The van der Waals surface area contributed by atoms with E-state index in [2.05, 4.69) is 10.3 Å². The Labute approximate surface area is 178 Å². The van der Waals surface area contributed by atoms with Gasteiger partial charge in [0.05, 0.1) is 6.54 Å². The van der Waals surface area contributed by atoms with Crippen molar-refractivity contribution in [1.82, 2.24) is 9.55 Å². The minimum Gasteiger partial charge on any atom is -0.366 e. The summed E-state index contributed by atoms with van der Waals surface area (Å²) in [6.07, 6.45) is 1.62. The summed E-state index contributed by atoms with van der Waals surface area (Å²) in [5.74, 6) is -1.10. The summed E-state index contributed by atoms with van der Waals surface area (Å²) in [6, 6.07) is 19.1. The molecule has 3 N–H and O–H groups in total. The third-order valence-electron chi connectivity index (χ3n) is 4.98. The van der Waals surface area contributed by atoms with Crippen molar-refractivity contribution in [2.45, 2.75) is 13.5 Å². The number of rotatable bonds is 5. The van der Waals surface area contributed by atoms with E-state index in [-0.39, 0.29) is 5.56 Å². The smallest absolute Gasteiger partial charge is 0.265 e. The molecule has 0 radical (unpaired) electrons. The molecule has 7 heteroatoms. The molecule has 0 fully saturated rings. The molecule has 0 saturated carbocycles.